The number of aliphatic hydroxyl groups is 1. The summed E-state index contributed by atoms with van der Waals surface area (Å²) in [5.41, 5.74) is 1.70. The van der Waals surface area contributed by atoms with Gasteiger partial charge < -0.3 is 15.2 Å². The molecule has 0 atom stereocenters. The Balaban J connectivity index is 0.000000280. The van der Waals surface area contributed by atoms with Gasteiger partial charge in [0.1, 0.15) is 6.29 Å². The molecule has 7 heteroatoms. The summed E-state index contributed by atoms with van der Waals surface area (Å²) in [6.07, 6.45) is 2.15. The topological polar surface area (TPSA) is 92.4 Å². The van der Waals surface area contributed by atoms with Crippen molar-refractivity contribution in [3.05, 3.63) is 18.1 Å². The third-order valence-electron chi connectivity index (χ3n) is 1.80. The molecule has 0 radical (unpaired) electrons. The highest BCUT2D eigenvalue weighted by Gasteiger charge is 2.04. The van der Waals surface area contributed by atoms with Gasteiger partial charge in [0.25, 0.3) is 0 Å². The van der Waals surface area contributed by atoms with E-state index in [4.69, 9.17) is 9.90 Å². The van der Waals surface area contributed by atoms with Crippen molar-refractivity contribution in [2.45, 2.75) is 6.92 Å². The highest BCUT2D eigenvalue weighted by atomic mass is 16.3. The minimum absolute atomic E-state index is 0.361. The van der Waals surface area contributed by atoms with Gasteiger partial charge in [-0.15, -0.1) is 10.2 Å². The van der Waals surface area contributed by atoms with E-state index in [2.05, 4.69) is 20.6 Å². The van der Waals surface area contributed by atoms with Crippen LogP contribution in [0.3, 0.4) is 0 Å². The first-order chi connectivity index (χ1) is 7.74. The number of nitrogens with one attached hydrogen (secondary N) is 1. The molecule has 0 fully saturated rings. The first-order valence-corrected chi connectivity index (χ1v) is 4.63. The minimum Gasteiger partial charge on any atom is -0.389 e. The number of rotatable bonds is 2. The lowest BCUT2D eigenvalue weighted by Gasteiger charge is -1.99. The van der Waals surface area contributed by atoms with Crippen molar-refractivity contribution in [3.63, 3.8) is 0 Å². The second kappa shape index (κ2) is 5.76. The fraction of sp³-hybridized carbons (Fsp3) is 0.333. The van der Waals surface area contributed by atoms with Crippen LogP contribution in [0.2, 0.25) is 0 Å². The standard InChI is InChI=1S/C7H9N5.C2H4O2/c1-5-10-11-7-6(8-2)3-4-9-12(5)7;3-1-2-4/h3-4,8H,1-2H3;1,4H,2H2. The Bertz CT molecular complexity index is 468. The molecule has 16 heavy (non-hydrogen) atoms. The molecule has 86 valence electrons. The van der Waals surface area contributed by atoms with Gasteiger partial charge in [-0.3, -0.25) is 0 Å². The molecule has 2 aromatic rings. The second-order valence-electron chi connectivity index (χ2n) is 2.83. The molecule has 2 N–H and O–H groups in total. The maximum Gasteiger partial charge on any atom is 0.200 e. The molecule has 0 aliphatic heterocycles. The average molecular weight is 223 g/mol. The number of anilines is 1. The molecule has 7 nitrogen and oxygen atoms in total. The smallest absolute Gasteiger partial charge is 0.200 e. The Morgan fingerprint density at radius 3 is 2.81 bits per heavy atom. The minimum atomic E-state index is -0.361. The first kappa shape index (κ1) is 12.1. The molecular weight excluding hydrogens is 210 g/mol. The van der Waals surface area contributed by atoms with Gasteiger partial charge in [-0.1, -0.05) is 0 Å². The number of fused-ring (bicyclic) bond motifs is 1. The van der Waals surface area contributed by atoms with Crippen LogP contribution in [0.1, 0.15) is 5.82 Å². The van der Waals surface area contributed by atoms with Gasteiger partial charge >= 0.3 is 0 Å². The van der Waals surface area contributed by atoms with E-state index < -0.39 is 0 Å². The SMILES string of the molecule is CNc1ccnn2c(C)nnc12.O=CCO. The molecular formula is C9H13N5O2. The maximum atomic E-state index is 8.92. The summed E-state index contributed by atoms with van der Waals surface area (Å²) in [6.45, 7) is 1.51. The number of aryl methyl sites for hydroxylation is 1. The van der Waals surface area contributed by atoms with E-state index in [-0.39, 0.29) is 6.61 Å². The van der Waals surface area contributed by atoms with Gasteiger partial charge in [0.05, 0.1) is 18.5 Å². The summed E-state index contributed by atoms with van der Waals surface area (Å²) < 4.78 is 1.70. The van der Waals surface area contributed by atoms with Crippen LogP contribution in [0.4, 0.5) is 5.69 Å². The molecule has 2 heterocycles. The number of hydrogen-bond donors (Lipinski definition) is 2. The van der Waals surface area contributed by atoms with Gasteiger partial charge in [-0.05, 0) is 13.0 Å². The van der Waals surface area contributed by atoms with Crippen molar-refractivity contribution in [2.24, 2.45) is 0 Å². The molecule has 0 aliphatic rings. The predicted octanol–water partition coefficient (Wildman–Crippen LogP) is -0.348. The van der Waals surface area contributed by atoms with Crippen LogP contribution in [0.25, 0.3) is 5.65 Å². The van der Waals surface area contributed by atoms with E-state index in [9.17, 15) is 0 Å². The van der Waals surface area contributed by atoms with Gasteiger partial charge in [0, 0.05) is 7.05 Å². The fourth-order valence-corrected chi connectivity index (χ4v) is 1.11. The molecule has 0 unspecified atom stereocenters. The van der Waals surface area contributed by atoms with Crippen molar-refractivity contribution in [1.82, 2.24) is 19.8 Å². The zero-order chi connectivity index (χ0) is 12.0. The number of aldehydes is 1. The van der Waals surface area contributed by atoms with Crippen LogP contribution in [-0.4, -0.2) is 44.9 Å². The Morgan fingerprint density at radius 2 is 2.25 bits per heavy atom. The lowest BCUT2D eigenvalue weighted by molar-refractivity contribution is -0.110. The van der Waals surface area contributed by atoms with Gasteiger partial charge in [-0.2, -0.15) is 9.61 Å². The van der Waals surface area contributed by atoms with Crippen LogP contribution < -0.4 is 5.32 Å². The maximum absolute atomic E-state index is 8.92. The number of aromatic nitrogens is 4. The summed E-state index contributed by atoms with van der Waals surface area (Å²) in [5.74, 6) is 0.794. The zero-order valence-electron chi connectivity index (χ0n) is 9.08. The fourth-order valence-electron chi connectivity index (χ4n) is 1.11. The number of carbonyl (C=O) groups excluding carboxylic acids is 1. The van der Waals surface area contributed by atoms with Gasteiger partial charge in [-0.25, -0.2) is 0 Å². The van der Waals surface area contributed by atoms with Gasteiger partial charge in [0.2, 0.25) is 5.65 Å². The van der Waals surface area contributed by atoms with Crippen molar-refractivity contribution in [2.75, 3.05) is 19.0 Å². The molecule has 2 rings (SSSR count). The van der Waals surface area contributed by atoms with Crippen molar-refractivity contribution in [3.8, 4) is 0 Å². The van der Waals surface area contributed by atoms with E-state index in [1.165, 1.54) is 0 Å². The van der Waals surface area contributed by atoms with E-state index in [0.717, 1.165) is 17.2 Å². The van der Waals surface area contributed by atoms with Crippen LogP contribution in [0.5, 0.6) is 0 Å². The van der Waals surface area contributed by atoms with Crippen LogP contribution in [-0.2, 0) is 4.79 Å². The van der Waals surface area contributed by atoms with Crippen LogP contribution in [0, 0.1) is 6.92 Å². The second-order valence-corrected chi connectivity index (χ2v) is 2.83. The predicted molar refractivity (Wildman–Crippen MR) is 58.2 cm³/mol. The molecule has 0 saturated carbocycles. The Kier molecular flexibility index (Phi) is 4.34. The summed E-state index contributed by atoms with van der Waals surface area (Å²) in [4.78, 5) is 8.92. The molecule has 0 spiro atoms. The van der Waals surface area contributed by atoms with E-state index in [0.29, 0.717) is 6.29 Å². The average Bonchev–Trinajstić information content (AvgIpc) is 2.72. The normalized spacial score (nSPS) is 9.44. The molecule has 0 aliphatic carbocycles. The molecule has 0 bridgehead atoms. The number of nitrogens with zero attached hydrogens (tertiary/aromatic N) is 4. The molecule has 0 saturated heterocycles. The monoisotopic (exact) mass is 223 g/mol. The largest absolute Gasteiger partial charge is 0.389 e. The zero-order valence-corrected chi connectivity index (χ0v) is 9.08. The molecule has 0 amide bonds. The quantitative estimate of drug-likeness (QED) is 0.676. The van der Waals surface area contributed by atoms with Crippen LogP contribution >= 0.6 is 0 Å². The number of aliphatic hydroxyl groups excluding tert-OH is 1. The number of carbonyl (C=O) groups is 1. The lowest BCUT2D eigenvalue weighted by Crippen LogP contribution is -1.97. The van der Waals surface area contributed by atoms with Gasteiger partial charge in [0.15, 0.2) is 5.82 Å². The van der Waals surface area contributed by atoms with E-state index in [1.54, 1.807) is 10.7 Å². The summed E-state index contributed by atoms with van der Waals surface area (Å²) in [6, 6.07) is 1.86. The van der Waals surface area contributed by atoms with E-state index in [1.807, 2.05) is 20.0 Å². The van der Waals surface area contributed by atoms with Crippen molar-refractivity contribution >= 4 is 17.6 Å². The highest BCUT2D eigenvalue weighted by Crippen LogP contribution is 2.11. The Hall–Kier alpha value is -2.02. The Labute approximate surface area is 92.1 Å². The molecule has 0 aromatic carbocycles. The third kappa shape index (κ3) is 2.51. The molecule has 2 aromatic heterocycles. The summed E-state index contributed by atoms with van der Waals surface area (Å²) in [7, 11) is 1.85. The van der Waals surface area contributed by atoms with Crippen LogP contribution in [0.15, 0.2) is 12.3 Å². The highest BCUT2D eigenvalue weighted by molar-refractivity contribution is 5.65. The summed E-state index contributed by atoms with van der Waals surface area (Å²) >= 11 is 0. The van der Waals surface area contributed by atoms with E-state index >= 15 is 0 Å². The first-order valence-electron chi connectivity index (χ1n) is 4.63. The van der Waals surface area contributed by atoms with Crippen molar-refractivity contribution in [1.29, 1.82) is 0 Å². The lowest BCUT2D eigenvalue weighted by atomic mass is 10.4. The Morgan fingerprint density at radius 1 is 1.56 bits per heavy atom. The van der Waals surface area contributed by atoms with Crippen molar-refractivity contribution < 1.29 is 9.90 Å². The third-order valence-corrected chi connectivity index (χ3v) is 1.80. The summed E-state index contributed by atoms with van der Waals surface area (Å²) in [5, 5.41) is 22.5. The number of hydrogen-bond acceptors (Lipinski definition) is 6.